The molecule has 2 rings (SSSR count). The molecule has 0 aliphatic heterocycles. The molecule has 0 saturated carbocycles. The third-order valence-electron chi connectivity index (χ3n) is 2.35. The fraction of sp³-hybridized carbons (Fsp3) is 0.0769. The van der Waals surface area contributed by atoms with Crippen LogP contribution in [0.3, 0.4) is 0 Å². The largest absolute Gasteiger partial charge is 0.438 e. The second-order valence-electron chi connectivity index (χ2n) is 3.73. The highest BCUT2D eigenvalue weighted by molar-refractivity contribution is 5.57. The van der Waals surface area contributed by atoms with E-state index in [9.17, 15) is 0 Å². The van der Waals surface area contributed by atoms with E-state index < -0.39 is 0 Å². The number of benzene rings is 1. The molecule has 0 atom stereocenters. The van der Waals surface area contributed by atoms with Crippen LogP contribution < -0.4 is 21.7 Å². The van der Waals surface area contributed by atoms with Gasteiger partial charge in [-0.05, 0) is 13.0 Å². The van der Waals surface area contributed by atoms with E-state index in [4.69, 9.17) is 16.3 Å². The van der Waals surface area contributed by atoms with Crippen molar-refractivity contribution in [1.29, 1.82) is 0 Å². The zero-order valence-electron chi connectivity index (χ0n) is 10.5. The van der Waals surface area contributed by atoms with Gasteiger partial charge in [0.2, 0.25) is 11.8 Å². The molecule has 0 saturated heterocycles. The molecule has 0 unspecified atom stereocenters. The maximum atomic E-state index is 5.71. The minimum absolute atomic E-state index is 0.0916. The number of nitrogens with one attached hydrogen (secondary N) is 1. The molecule has 0 aliphatic rings. The maximum absolute atomic E-state index is 5.71. The highest BCUT2D eigenvalue weighted by atomic mass is 16.5. The van der Waals surface area contributed by atoms with Gasteiger partial charge in [-0.25, -0.2) is 5.84 Å². The number of aromatic nitrogens is 2. The van der Waals surface area contributed by atoms with Crippen molar-refractivity contribution in [3.8, 4) is 11.6 Å². The van der Waals surface area contributed by atoms with Crippen molar-refractivity contribution in [3.63, 3.8) is 0 Å². The second-order valence-corrected chi connectivity index (χ2v) is 3.73. The average molecular weight is 257 g/mol. The molecular formula is C13H15N5O. The lowest BCUT2D eigenvalue weighted by Gasteiger charge is -2.09. The summed E-state index contributed by atoms with van der Waals surface area (Å²) < 4.78 is 5.71. The minimum Gasteiger partial charge on any atom is -0.438 e. The molecule has 0 fully saturated rings. The zero-order chi connectivity index (χ0) is 13.7. The van der Waals surface area contributed by atoms with Crippen LogP contribution in [0.5, 0.6) is 11.6 Å². The van der Waals surface area contributed by atoms with Gasteiger partial charge in [0.05, 0.1) is 0 Å². The number of hydrogen-bond acceptors (Lipinski definition) is 6. The van der Waals surface area contributed by atoms with Crippen LogP contribution in [0.2, 0.25) is 0 Å². The van der Waals surface area contributed by atoms with Crippen molar-refractivity contribution in [1.82, 2.24) is 9.97 Å². The van der Waals surface area contributed by atoms with E-state index in [1.54, 1.807) is 6.07 Å². The summed E-state index contributed by atoms with van der Waals surface area (Å²) in [5.41, 5.74) is 8.93. The molecule has 6 nitrogen and oxygen atoms in total. The van der Waals surface area contributed by atoms with Gasteiger partial charge in [0.15, 0.2) is 0 Å². The van der Waals surface area contributed by atoms with Crippen LogP contribution in [-0.2, 0) is 0 Å². The summed E-state index contributed by atoms with van der Waals surface area (Å²) in [7, 11) is 0. The smallest absolute Gasteiger partial charge is 0.226 e. The molecule has 0 bridgehead atoms. The number of hydrogen-bond donors (Lipinski definition) is 3. The summed E-state index contributed by atoms with van der Waals surface area (Å²) in [6.07, 6.45) is 3.88. The van der Waals surface area contributed by atoms with Gasteiger partial charge in [0.1, 0.15) is 11.6 Å². The van der Waals surface area contributed by atoms with Crippen molar-refractivity contribution in [2.75, 3.05) is 11.2 Å². The highest BCUT2D eigenvalue weighted by Gasteiger charge is 2.06. The Morgan fingerprint density at radius 2 is 2.05 bits per heavy atom. The van der Waals surface area contributed by atoms with Gasteiger partial charge < -0.3 is 15.9 Å². The quantitative estimate of drug-likeness (QED) is 0.573. The Morgan fingerprint density at radius 1 is 1.26 bits per heavy atom. The van der Waals surface area contributed by atoms with Crippen molar-refractivity contribution < 1.29 is 4.74 Å². The van der Waals surface area contributed by atoms with Crippen molar-refractivity contribution in [3.05, 3.63) is 42.0 Å². The molecule has 6 heteroatoms. The molecule has 5 N–H and O–H groups in total. The normalized spacial score (nSPS) is 10.6. The molecule has 98 valence electrons. The van der Waals surface area contributed by atoms with Crippen molar-refractivity contribution in [2.24, 2.45) is 5.84 Å². The fourth-order valence-corrected chi connectivity index (χ4v) is 1.57. The Morgan fingerprint density at radius 3 is 2.79 bits per heavy atom. The van der Waals surface area contributed by atoms with Crippen molar-refractivity contribution in [2.45, 2.75) is 6.92 Å². The van der Waals surface area contributed by atoms with Crippen LogP contribution in [0, 0.1) is 0 Å². The summed E-state index contributed by atoms with van der Waals surface area (Å²) in [4.78, 5) is 7.89. The third kappa shape index (κ3) is 3.20. The van der Waals surface area contributed by atoms with Crippen LogP contribution in [0.1, 0.15) is 12.5 Å². The summed E-state index contributed by atoms with van der Waals surface area (Å²) in [5.74, 6) is 6.80. The monoisotopic (exact) mass is 257 g/mol. The van der Waals surface area contributed by atoms with E-state index in [0.717, 1.165) is 5.56 Å². The van der Waals surface area contributed by atoms with Gasteiger partial charge in [-0.3, -0.25) is 0 Å². The number of hydrazine groups is 1. The van der Waals surface area contributed by atoms with Gasteiger partial charge in [-0.2, -0.15) is 9.97 Å². The lowest BCUT2D eigenvalue weighted by Crippen LogP contribution is -2.10. The topological polar surface area (TPSA) is 99.1 Å². The second kappa shape index (κ2) is 5.83. The molecule has 0 radical (unpaired) electrons. The molecule has 2 aromatic rings. The Kier molecular flexibility index (Phi) is 3.94. The van der Waals surface area contributed by atoms with E-state index in [1.165, 1.54) is 0 Å². The first-order chi connectivity index (χ1) is 9.22. The lowest BCUT2D eigenvalue weighted by atomic mass is 10.2. The number of rotatable bonds is 4. The predicted octanol–water partition coefficient (Wildman–Crippen LogP) is 2.17. The van der Waals surface area contributed by atoms with Crippen LogP contribution in [0.4, 0.5) is 11.8 Å². The van der Waals surface area contributed by atoms with Gasteiger partial charge in [0.25, 0.3) is 0 Å². The van der Waals surface area contributed by atoms with Gasteiger partial charge in [-0.1, -0.05) is 30.4 Å². The molecule has 1 aromatic heterocycles. The van der Waals surface area contributed by atoms with Crippen LogP contribution in [0.15, 0.2) is 36.4 Å². The number of nitrogens with two attached hydrogens (primary N) is 2. The number of nitrogens with zero attached hydrogens (tertiary/aromatic N) is 2. The first kappa shape index (κ1) is 12.8. The van der Waals surface area contributed by atoms with E-state index in [1.807, 2.05) is 43.3 Å². The Bertz CT molecular complexity index is 597. The first-order valence-corrected chi connectivity index (χ1v) is 5.73. The average Bonchev–Trinajstić information content (AvgIpc) is 2.40. The van der Waals surface area contributed by atoms with Crippen molar-refractivity contribution >= 4 is 17.8 Å². The van der Waals surface area contributed by atoms with Gasteiger partial charge in [-0.15, -0.1) is 0 Å². The van der Waals surface area contributed by atoms with Crippen LogP contribution in [-0.4, -0.2) is 9.97 Å². The number of nitrogen functional groups attached to an aromatic ring is 2. The summed E-state index contributed by atoms with van der Waals surface area (Å²) in [6.45, 7) is 1.94. The molecule has 1 heterocycles. The Labute approximate surface area is 111 Å². The van der Waals surface area contributed by atoms with E-state index in [-0.39, 0.29) is 5.95 Å². The summed E-state index contributed by atoms with van der Waals surface area (Å²) in [6, 6.07) is 9.19. The van der Waals surface area contributed by atoms with Crippen LogP contribution in [0.25, 0.3) is 6.08 Å². The highest BCUT2D eigenvalue weighted by Crippen LogP contribution is 2.26. The molecular weight excluding hydrogens is 242 g/mol. The standard InChI is InChI=1S/C13H15N5O/c1-2-5-9-6-3-4-7-10(9)19-12-8-11(18-15)16-13(14)17-12/h2-8H,15H2,1H3,(H3,14,16,17,18)/b5-2+. The van der Waals surface area contributed by atoms with E-state index >= 15 is 0 Å². The van der Waals surface area contributed by atoms with Gasteiger partial charge >= 0.3 is 0 Å². The zero-order valence-corrected chi connectivity index (χ0v) is 10.5. The Hall–Kier alpha value is -2.60. The third-order valence-corrected chi connectivity index (χ3v) is 2.35. The number of ether oxygens (including phenoxy) is 1. The van der Waals surface area contributed by atoms with Gasteiger partial charge in [0, 0.05) is 11.6 Å². The lowest BCUT2D eigenvalue weighted by molar-refractivity contribution is 0.462. The summed E-state index contributed by atoms with van der Waals surface area (Å²) >= 11 is 0. The first-order valence-electron chi connectivity index (χ1n) is 5.73. The number of anilines is 2. The van der Waals surface area contributed by atoms with E-state index in [0.29, 0.717) is 17.4 Å². The molecule has 1 aromatic carbocycles. The molecule has 0 aliphatic carbocycles. The minimum atomic E-state index is 0.0916. The van der Waals surface area contributed by atoms with Crippen LogP contribution >= 0.6 is 0 Å². The predicted molar refractivity (Wildman–Crippen MR) is 75.5 cm³/mol. The van der Waals surface area contributed by atoms with E-state index in [2.05, 4.69) is 15.4 Å². The number of allylic oxidation sites excluding steroid dienone is 1. The Balaban J connectivity index is 2.33. The molecule has 0 amide bonds. The number of para-hydroxylation sites is 1. The fourth-order valence-electron chi connectivity index (χ4n) is 1.57. The molecule has 19 heavy (non-hydrogen) atoms. The maximum Gasteiger partial charge on any atom is 0.226 e. The summed E-state index contributed by atoms with van der Waals surface area (Å²) in [5, 5.41) is 0. The SMILES string of the molecule is C/C=C/c1ccccc1Oc1cc(NN)nc(N)n1. The molecule has 0 spiro atoms.